The van der Waals surface area contributed by atoms with Gasteiger partial charge in [-0.05, 0) is 18.2 Å². The molecule has 27 heavy (non-hydrogen) atoms. The van der Waals surface area contributed by atoms with Gasteiger partial charge in [0.2, 0.25) is 17.8 Å². The molecule has 7 heteroatoms. The maximum absolute atomic E-state index is 12.6. The molecule has 4 rings (SSSR count). The molecule has 1 aromatic heterocycles. The number of aromatic nitrogens is 2. The SMILES string of the molecule is COc1ccccc1CN1CC(C(=O)Nc2nc3ccccc3[nH]2)CC1=O. The van der Waals surface area contributed by atoms with E-state index in [-0.39, 0.29) is 18.2 Å². The summed E-state index contributed by atoms with van der Waals surface area (Å²) in [6.45, 7) is 0.806. The first-order valence-electron chi connectivity index (χ1n) is 8.79. The van der Waals surface area contributed by atoms with Crippen LogP contribution in [0.25, 0.3) is 11.0 Å². The number of carbonyl (C=O) groups is 2. The largest absolute Gasteiger partial charge is 0.496 e. The lowest BCUT2D eigenvalue weighted by Gasteiger charge is -2.18. The predicted octanol–water partition coefficient (Wildman–Crippen LogP) is 2.56. The van der Waals surface area contributed by atoms with Crippen molar-refractivity contribution in [3.8, 4) is 5.75 Å². The molecule has 2 amide bonds. The van der Waals surface area contributed by atoms with Crippen LogP contribution in [0.2, 0.25) is 0 Å². The van der Waals surface area contributed by atoms with Crippen molar-refractivity contribution in [2.24, 2.45) is 5.92 Å². The van der Waals surface area contributed by atoms with E-state index in [1.54, 1.807) is 12.0 Å². The van der Waals surface area contributed by atoms with Crippen LogP contribution in [0.1, 0.15) is 12.0 Å². The quantitative estimate of drug-likeness (QED) is 0.728. The molecule has 1 aliphatic rings. The Morgan fingerprint density at radius 2 is 2.04 bits per heavy atom. The van der Waals surface area contributed by atoms with Crippen LogP contribution in [-0.2, 0) is 16.1 Å². The van der Waals surface area contributed by atoms with Gasteiger partial charge in [-0.25, -0.2) is 4.98 Å². The third kappa shape index (κ3) is 3.48. The highest BCUT2D eigenvalue weighted by atomic mass is 16.5. The minimum absolute atomic E-state index is 0.0364. The smallest absolute Gasteiger partial charge is 0.232 e. The maximum atomic E-state index is 12.6. The lowest BCUT2D eigenvalue weighted by atomic mass is 10.1. The third-order valence-corrected chi connectivity index (χ3v) is 4.77. The van der Waals surface area contributed by atoms with Gasteiger partial charge in [0.1, 0.15) is 5.75 Å². The molecule has 1 aliphatic heterocycles. The number of methoxy groups -OCH3 is 1. The third-order valence-electron chi connectivity index (χ3n) is 4.77. The molecule has 2 aromatic carbocycles. The molecule has 0 saturated carbocycles. The summed E-state index contributed by atoms with van der Waals surface area (Å²) in [5.41, 5.74) is 2.56. The van der Waals surface area contributed by atoms with Crippen LogP contribution < -0.4 is 10.1 Å². The van der Waals surface area contributed by atoms with Crippen LogP contribution in [-0.4, -0.2) is 40.3 Å². The number of nitrogens with zero attached hydrogens (tertiary/aromatic N) is 2. The lowest BCUT2D eigenvalue weighted by Crippen LogP contribution is -2.28. The summed E-state index contributed by atoms with van der Waals surface area (Å²) in [6.07, 6.45) is 0.196. The Morgan fingerprint density at radius 1 is 1.26 bits per heavy atom. The van der Waals surface area contributed by atoms with Gasteiger partial charge in [-0.3, -0.25) is 14.9 Å². The Morgan fingerprint density at radius 3 is 2.85 bits per heavy atom. The number of rotatable bonds is 5. The van der Waals surface area contributed by atoms with Crippen LogP contribution in [0.5, 0.6) is 5.75 Å². The molecule has 1 saturated heterocycles. The van der Waals surface area contributed by atoms with E-state index in [2.05, 4.69) is 15.3 Å². The van der Waals surface area contributed by atoms with E-state index in [0.29, 0.717) is 19.0 Å². The zero-order valence-corrected chi connectivity index (χ0v) is 14.9. The first-order valence-corrected chi connectivity index (χ1v) is 8.79. The molecule has 1 atom stereocenters. The van der Waals surface area contributed by atoms with Crippen molar-refractivity contribution in [1.29, 1.82) is 0 Å². The lowest BCUT2D eigenvalue weighted by molar-refractivity contribution is -0.128. The number of anilines is 1. The van der Waals surface area contributed by atoms with Crippen LogP contribution in [0.3, 0.4) is 0 Å². The number of likely N-dealkylation sites (tertiary alicyclic amines) is 1. The van der Waals surface area contributed by atoms with Gasteiger partial charge in [-0.1, -0.05) is 30.3 Å². The molecule has 3 aromatic rings. The first-order chi connectivity index (χ1) is 13.1. The van der Waals surface area contributed by atoms with Crippen LogP contribution in [0, 0.1) is 5.92 Å². The number of fused-ring (bicyclic) bond motifs is 1. The number of nitrogens with one attached hydrogen (secondary N) is 2. The number of aromatic amines is 1. The molecule has 1 unspecified atom stereocenters. The number of amides is 2. The van der Waals surface area contributed by atoms with Crippen molar-refractivity contribution in [3.63, 3.8) is 0 Å². The zero-order chi connectivity index (χ0) is 18.8. The van der Waals surface area contributed by atoms with Crippen molar-refractivity contribution in [3.05, 3.63) is 54.1 Å². The summed E-state index contributed by atoms with van der Waals surface area (Å²) in [6, 6.07) is 15.1. The van der Waals surface area contributed by atoms with Gasteiger partial charge in [0.25, 0.3) is 0 Å². The number of imidazole rings is 1. The standard InChI is InChI=1S/C20H20N4O3/c1-27-17-9-5-2-6-13(17)11-24-12-14(10-18(24)25)19(26)23-20-21-15-7-3-4-8-16(15)22-20/h2-9,14H,10-12H2,1H3,(H2,21,22,23,26). The number of hydrogen-bond acceptors (Lipinski definition) is 4. The second-order valence-corrected chi connectivity index (χ2v) is 6.58. The van der Waals surface area contributed by atoms with E-state index < -0.39 is 5.92 Å². The minimum atomic E-state index is -0.402. The Balaban J connectivity index is 1.42. The number of carbonyl (C=O) groups excluding carboxylic acids is 2. The van der Waals surface area contributed by atoms with E-state index in [1.165, 1.54) is 0 Å². The van der Waals surface area contributed by atoms with E-state index in [4.69, 9.17) is 4.74 Å². The van der Waals surface area contributed by atoms with Gasteiger partial charge in [0.15, 0.2) is 0 Å². The Kier molecular flexibility index (Phi) is 4.50. The molecule has 0 spiro atoms. The number of para-hydroxylation sites is 3. The van der Waals surface area contributed by atoms with Crippen LogP contribution in [0.4, 0.5) is 5.95 Å². The van der Waals surface area contributed by atoms with Crippen LogP contribution >= 0.6 is 0 Å². The van der Waals surface area contributed by atoms with Gasteiger partial charge in [0.05, 0.1) is 24.1 Å². The highest BCUT2D eigenvalue weighted by Crippen LogP contribution is 2.25. The molecule has 1 fully saturated rings. The minimum Gasteiger partial charge on any atom is -0.496 e. The monoisotopic (exact) mass is 364 g/mol. The van der Waals surface area contributed by atoms with Crippen LogP contribution in [0.15, 0.2) is 48.5 Å². The average molecular weight is 364 g/mol. The van der Waals surface area contributed by atoms with Crippen molar-refractivity contribution in [2.45, 2.75) is 13.0 Å². The van der Waals surface area contributed by atoms with Gasteiger partial charge >= 0.3 is 0 Å². The fourth-order valence-electron chi connectivity index (χ4n) is 3.37. The molecular formula is C20H20N4O3. The van der Waals surface area contributed by atoms with Crippen molar-refractivity contribution in [2.75, 3.05) is 19.0 Å². The molecule has 0 bridgehead atoms. The second kappa shape index (κ2) is 7.11. The molecule has 0 radical (unpaired) electrons. The summed E-state index contributed by atoms with van der Waals surface area (Å²) in [5, 5.41) is 2.79. The Hall–Kier alpha value is -3.35. The number of hydrogen-bond donors (Lipinski definition) is 2. The first kappa shape index (κ1) is 17.1. The molecule has 2 N–H and O–H groups in total. The van der Waals surface area contributed by atoms with Gasteiger partial charge < -0.3 is 14.6 Å². The summed E-state index contributed by atoms with van der Waals surface area (Å²) in [5.74, 6) is 0.494. The topological polar surface area (TPSA) is 87.3 Å². The molecule has 7 nitrogen and oxygen atoms in total. The van der Waals surface area contributed by atoms with E-state index in [0.717, 1.165) is 22.3 Å². The van der Waals surface area contributed by atoms with Gasteiger partial charge in [0, 0.05) is 25.1 Å². The fourth-order valence-corrected chi connectivity index (χ4v) is 3.37. The fraction of sp³-hybridized carbons (Fsp3) is 0.250. The zero-order valence-electron chi connectivity index (χ0n) is 14.9. The highest BCUT2D eigenvalue weighted by molar-refractivity contribution is 5.97. The number of benzene rings is 2. The number of H-pyrrole nitrogens is 1. The van der Waals surface area contributed by atoms with Gasteiger partial charge in [-0.2, -0.15) is 0 Å². The summed E-state index contributed by atoms with van der Waals surface area (Å²) >= 11 is 0. The van der Waals surface area contributed by atoms with Crippen molar-refractivity contribution < 1.29 is 14.3 Å². The van der Waals surface area contributed by atoms with Crippen molar-refractivity contribution in [1.82, 2.24) is 14.9 Å². The Labute approximate surface area is 156 Å². The Bertz CT molecular complexity index is 965. The van der Waals surface area contributed by atoms with E-state index in [9.17, 15) is 9.59 Å². The molecular weight excluding hydrogens is 344 g/mol. The molecule has 2 heterocycles. The van der Waals surface area contributed by atoms with Crippen molar-refractivity contribution >= 4 is 28.8 Å². The highest BCUT2D eigenvalue weighted by Gasteiger charge is 2.34. The van der Waals surface area contributed by atoms with Gasteiger partial charge in [-0.15, -0.1) is 0 Å². The summed E-state index contributed by atoms with van der Waals surface area (Å²) in [4.78, 5) is 34.1. The second-order valence-electron chi connectivity index (χ2n) is 6.58. The normalized spacial score (nSPS) is 16.7. The molecule has 138 valence electrons. The van der Waals surface area contributed by atoms with E-state index in [1.807, 2.05) is 48.5 Å². The average Bonchev–Trinajstić information content (AvgIpc) is 3.25. The summed E-state index contributed by atoms with van der Waals surface area (Å²) in [7, 11) is 1.61. The summed E-state index contributed by atoms with van der Waals surface area (Å²) < 4.78 is 5.34. The van der Waals surface area contributed by atoms with E-state index >= 15 is 0 Å². The predicted molar refractivity (Wildman–Crippen MR) is 101 cm³/mol. The maximum Gasteiger partial charge on any atom is 0.232 e. The molecule has 0 aliphatic carbocycles. The number of ether oxygens (including phenoxy) is 1.